The molecule has 3 rings (SSSR count). The molecule has 5 heteroatoms. The minimum Gasteiger partial charge on any atom is -0.506 e. The summed E-state index contributed by atoms with van der Waals surface area (Å²) in [7, 11) is 0. The van der Waals surface area contributed by atoms with Crippen molar-refractivity contribution in [2.45, 2.75) is 27.3 Å². The molecule has 0 aliphatic heterocycles. The molecule has 0 spiro atoms. The fourth-order valence-corrected chi connectivity index (χ4v) is 2.96. The van der Waals surface area contributed by atoms with E-state index in [2.05, 4.69) is 5.32 Å². The molecule has 0 aliphatic carbocycles. The summed E-state index contributed by atoms with van der Waals surface area (Å²) in [6.45, 7) is 6.03. The normalized spacial score (nSPS) is 10.8. The molecular weight excluding hydrogens is 316 g/mol. The summed E-state index contributed by atoms with van der Waals surface area (Å²) >= 11 is 0. The van der Waals surface area contributed by atoms with Gasteiger partial charge in [-0.25, -0.2) is 0 Å². The number of fused-ring (bicyclic) bond motifs is 1. The Bertz CT molecular complexity index is 1040. The molecule has 0 unspecified atom stereocenters. The average Bonchev–Trinajstić information content (AvgIpc) is 2.59. The Balaban J connectivity index is 2.16. The van der Waals surface area contributed by atoms with E-state index >= 15 is 0 Å². The van der Waals surface area contributed by atoms with Crippen molar-refractivity contribution in [2.75, 3.05) is 5.32 Å². The first-order chi connectivity index (χ1) is 11.9. The van der Waals surface area contributed by atoms with Crippen LogP contribution in [0.5, 0.6) is 5.75 Å². The number of rotatable bonds is 3. The number of aromatic hydroxyl groups is 1. The molecule has 2 N–H and O–H groups in total. The highest BCUT2D eigenvalue weighted by molar-refractivity contribution is 6.09. The number of hydrogen-bond acceptors (Lipinski definition) is 3. The van der Waals surface area contributed by atoms with Gasteiger partial charge in [0.25, 0.3) is 11.5 Å². The Morgan fingerprint density at radius 3 is 2.60 bits per heavy atom. The third kappa shape index (κ3) is 2.89. The summed E-state index contributed by atoms with van der Waals surface area (Å²) in [5.41, 5.74) is 2.38. The van der Waals surface area contributed by atoms with Gasteiger partial charge in [0.15, 0.2) is 0 Å². The molecule has 25 heavy (non-hydrogen) atoms. The summed E-state index contributed by atoms with van der Waals surface area (Å²) in [4.78, 5) is 25.5. The summed E-state index contributed by atoms with van der Waals surface area (Å²) in [6, 6.07) is 12.7. The molecule has 1 heterocycles. The maximum atomic E-state index is 12.8. The van der Waals surface area contributed by atoms with Crippen LogP contribution in [0.2, 0.25) is 0 Å². The van der Waals surface area contributed by atoms with Crippen LogP contribution in [0.15, 0.2) is 47.3 Å². The molecule has 0 saturated heterocycles. The van der Waals surface area contributed by atoms with Crippen LogP contribution in [-0.4, -0.2) is 15.6 Å². The van der Waals surface area contributed by atoms with Crippen LogP contribution in [0.25, 0.3) is 10.9 Å². The number of aryl methyl sites for hydroxylation is 3. The number of hydrogen-bond donors (Lipinski definition) is 2. The van der Waals surface area contributed by atoms with Crippen molar-refractivity contribution in [1.29, 1.82) is 0 Å². The molecule has 0 aliphatic rings. The van der Waals surface area contributed by atoms with E-state index in [1.807, 2.05) is 39.0 Å². The lowest BCUT2D eigenvalue weighted by Gasteiger charge is -2.14. The van der Waals surface area contributed by atoms with Crippen molar-refractivity contribution < 1.29 is 9.90 Å². The van der Waals surface area contributed by atoms with Gasteiger partial charge in [0, 0.05) is 17.6 Å². The number of amides is 1. The lowest BCUT2D eigenvalue weighted by Crippen LogP contribution is -2.29. The Labute approximate surface area is 145 Å². The van der Waals surface area contributed by atoms with Crippen LogP contribution < -0.4 is 10.9 Å². The van der Waals surface area contributed by atoms with Crippen LogP contribution in [0.4, 0.5) is 5.69 Å². The number of carbonyl (C=O) groups excluding carboxylic acids is 1. The number of carbonyl (C=O) groups is 1. The molecule has 0 atom stereocenters. The van der Waals surface area contributed by atoms with E-state index in [1.165, 1.54) is 4.57 Å². The molecule has 0 fully saturated rings. The van der Waals surface area contributed by atoms with Gasteiger partial charge < -0.3 is 15.0 Å². The zero-order valence-corrected chi connectivity index (χ0v) is 14.5. The zero-order valence-electron chi connectivity index (χ0n) is 14.5. The minimum atomic E-state index is -0.607. The Kier molecular flexibility index (Phi) is 4.31. The molecule has 1 aromatic heterocycles. The summed E-state index contributed by atoms with van der Waals surface area (Å²) in [5.74, 6) is -0.891. The van der Waals surface area contributed by atoms with Gasteiger partial charge in [0.1, 0.15) is 11.3 Å². The van der Waals surface area contributed by atoms with Crippen molar-refractivity contribution in [3.63, 3.8) is 0 Å². The molecule has 0 saturated carbocycles. The molecular formula is C20H20N2O3. The summed E-state index contributed by atoms with van der Waals surface area (Å²) in [6.07, 6.45) is 0. The van der Waals surface area contributed by atoms with E-state index in [0.717, 1.165) is 11.1 Å². The molecule has 3 aromatic rings. The highest BCUT2D eigenvalue weighted by Gasteiger charge is 2.22. The first-order valence-corrected chi connectivity index (χ1v) is 8.17. The van der Waals surface area contributed by atoms with Crippen LogP contribution >= 0.6 is 0 Å². The topological polar surface area (TPSA) is 71.3 Å². The second kappa shape index (κ2) is 6.43. The quantitative estimate of drug-likeness (QED) is 0.768. The predicted molar refractivity (Wildman–Crippen MR) is 99.4 cm³/mol. The van der Waals surface area contributed by atoms with Crippen molar-refractivity contribution in [3.05, 3.63) is 69.5 Å². The number of nitrogens with zero attached hydrogens (tertiary/aromatic N) is 1. The van der Waals surface area contributed by atoms with E-state index in [0.29, 0.717) is 23.1 Å². The van der Waals surface area contributed by atoms with Crippen molar-refractivity contribution in [3.8, 4) is 5.75 Å². The Morgan fingerprint density at radius 1 is 1.16 bits per heavy atom. The van der Waals surface area contributed by atoms with E-state index in [9.17, 15) is 14.7 Å². The molecule has 5 nitrogen and oxygen atoms in total. The SMILES string of the molecule is CCn1c(=O)c(C(=O)Nc2cc(C)ccc2C)c(O)c2ccccc21. The second-order valence-corrected chi connectivity index (χ2v) is 6.06. The Morgan fingerprint density at radius 2 is 1.88 bits per heavy atom. The zero-order chi connectivity index (χ0) is 18.1. The number of benzene rings is 2. The third-order valence-corrected chi connectivity index (χ3v) is 4.33. The van der Waals surface area contributed by atoms with Crippen LogP contribution in [0, 0.1) is 13.8 Å². The Hall–Kier alpha value is -3.08. The van der Waals surface area contributed by atoms with Crippen LogP contribution in [-0.2, 0) is 6.54 Å². The highest BCUT2D eigenvalue weighted by Crippen LogP contribution is 2.27. The molecule has 0 radical (unpaired) electrons. The van der Waals surface area contributed by atoms with Gasteiger partial charge in [0.2, 0.25) is 0 Å². The van der Waals surface area contributed by atoms with Crippen molar-refractivity contribution in [2.24, 2.45) is 0 Å². The minimum absolute atomic E-state index is 0.235. The van der Waals surface area contributed by atoms with E-state index < -0.39 is 11.5 Å². The van der Waals surface area contributed by atoms with Crippen LogP contribution in [0.1, 0.15) is 28.4 Å². The summed E-state index contributed by atoms with van der Waals surface area (Å²) < 4.78 is 1.49. The number of nitrogens with one attached hydrogen (secondary N) is 1. The molecule has 2 aromatic carbocycles. The van der Waals surface area contributed by atoms with E-state index in [4.69, 9.17) is 0 Å². The summed E-state index contributed by atoms with van der Waals surface area (Å²) in [5, 5.41) is 13.8. The fraction of sp³-hybridized carbons (Fsp3) is 0.200. The van der Waals surface area contributed by atoms with Gasteiger partial charge in [-0.2, -0.15) is 0 Å². The van der Waals surface area contributed by atoms with Gasteiger partial charge in [0.05, 0.1) is 5.52 Å². The van der Waals surface area contributed by atoms with E-state index in [-0.39, 0.29) is 11.3 Å². The standard InChI is InChI=1S/C20H20N2O3/c1-4-22-16-8-6-5-7-14(16)18(23)17(20(22)25)19(24)21-15-11-12(2)9-10-13(15)3/h5-11,23H,4H2,1-3H3,(H,21,24). The number of para-hydroxylation sites is 1. The van der Waals surface area contributed by atoms with Gasteiger partial charge in [-0.15, -0.1) is 0 Å². The largest absolute Gasteiger partial charge is 0.506 e. The van der Waals surface area contributed by atoms with E-state index in [1.54, 1.807) is 24.3 Å². The first-order valence-electron chi connectivity index (χ1n) is 8.17. The van der Waals surface area contributed by atoms with Gasteiger partial charge in [-0.1, -0.05) is 24.3 Å². The van der Waals surface area contributed by atoms with Gasteiger partial charge in [-0.3, -0.25) is 9.59 Å². The lowest BCUT2D eigenvalue weighted by molar-refractivity contribution is 0.102. The van der Waals surface area contributed by atoms with Crippen molar-refractivity contribution in [1.82, 2.24) is 4.57 Å². The average molecular weight is 336 g/mol. The predicted octanol–water partition coefficient (Wildman–Crippen LogP) is 3.60. The number of aromatic nitrogens is 1. The second-order valence-electron chi connectivity index (χ2n) is 6.06. The monoisotopic (exact) mass is 336 g/mol. The maximum absolute atomic E-state index is 12.8. The molecule has 128 valence electrons. The lowest BCUT2D eigenvalue weighted by atomic mass is 10.1. The van der Waals surface area contributed by atoms with Gasteiger partial charge in [-0.05, 0) is 50.1 Å². The fourth-order valence-electron chi connectivity index (χ4n) is 2.96. The smallest absolute Gasteiger partial charge is 0.267 e. The maximum Gasteiger partial charge on any atom is 0.267 e. The number of pyridine rings is 1. The first kappa shape index (κ1) is 16.8. The van der Waals surface area contributed by atoms with Gasteiger partial charge >= 0.3 is 0 Å². The molecule has 0 bridgehead atoms. The van der Waals surface area contributed by atoms with Crippen molar-refractivity contribution >= 4 is 22.5 Å². The third-order valence-electron chi connectivity index (χ3n) is 4.33. The number of anilines is 1. The highest BCUT2D eigenvalue weighted by atomic mass is 16.3. The molecule has 1 amide bonds. The van der Waals surface area contributed by atoms with Crippen LogP contribution in [0.3, 0.4) is 0 Å².